The normalized spacial score (nSPS) is 29.1. The quantitative estimate of drug-likeness (QED) is 0.863. The fourth-order valence-electron chi connectivity index (χ4n) is 4.02. The molecule has 3 rings (SSSR count). The van der Waals surface area contributed by atoms with Crippen molar-refractivity contribution in [3.63, 3.8) is 0 Å². The Morgan fingerprint density at radius 3 is 2.65 bits per heavy atom. The first-order valence-electron chi connectivity index (χ1n) is 8.83. The molecule has 4 atom stereocenters. The Bertz CT molecular complexity index is 577. The van der Waals surface area contributed by atoms with Gasteiger partial charge in [-0.15, -0.1) is 0 Å². The van der Waals surface area contributed by atoms with Crippen LogP contribution in [0.5, 0.6) is 5.75 Å². The first kappa shape index (κ1) is 16.3. The van der Waals surface area contributed by atoms with Crippen LogP contribution in [0.1, 0.15) is 57.3 Å². The Morgan fingerprint density at radius 1 is 1.26 bits per heavy atom. The van der Waals surface area contributed by atoms with Gasteiger partial charge in [-0.3, -0.25) is 9.69 Å². The van der Waals surface area contributed by atoms with E-state index in [4.69, 9.17) is 4.74 Å². The molecule has 4 heteroatoms. The lowest BCUT2D eigenvalue weighted by atomic mass is 9.93. The molecule has 2 heterocycles. The number of benzene rings is 1. The summed E-state index contributed by atoms with van der Waals surface area (Å²) in [6.45, 7) is 9.34. The number of fused-ring (bicyclic) bond motifs is 1. The second-order valence-corrected chi connectivity index (χ2v) is 7.14. The Balaban J connectivity index is 1.80. The second-order valence-electron chi connectivity index (χ2n) is 7.14. The molecule has 0 aromatic heterocycles. The second kappa shape index (κ2) is 6.52. The minimum absolute atomic E-state index is 0.0817. The predicted octanol–water partition coefficient (Wildman–Crippen LogP) is 3.71. The van der Waals surface area contributed by atoms with Gasteiger partial charge in [-0.2, -0.15) is 0 Å². The van der Waals surface area contributed by atoms with E-state index in [1.54, 1.807) is 0 Å². The van der Waals surface area contributed by atoms with Gasteiger partial charge >= 0.3 is 0 Å². The smallest absolute Gasteiger partial charge is 0.179 e. The highest BCUT2D eigenvalue weighted by Gasteiger charge is 2.33. The Morgan fingerprint density at radius 2 is 1.96 bits per heavy atom. The number of nitrogens with zero attached hydrogens (tertiary/aromatic N) is 1. The van der Waals surface area contributed by atoms with Crippen LogP contribution in [0.4, 0.5) is 5.69 Å². The number of hydrogen-bond acceptors (Lipinski definition) is 4. The van der Waals surface area contributed by atoms with Crippen molar-refractivity contribution >= 4 is 11.5 Å². The standard InChI is InChI=1S/C19H28N2O2/c1-12-6-5-7-13(2)21(12)15(4)19(22)16-8-9-18-17(10-16)20-11-14(3)23-18/h8-10,12-15,20H,5-7,11H2,1-4H3. The summed E-state index contributed by atoms with van der Waals surface area (Å²) in [4.78, 5) is 15.4. The van der Waals surface area contributed by atoms with Crippen LogP contribution in [0, 0.1) is 0 Å². The molecule has 2 aliphatic rings. The summed E-state index contributed by atoms with van der Waals surface area (Å²) in [5.74, 6) is 1.04. The monoisotopic (exact) mass is 316 g/mol. The molecular weight excluding hydrogens is 288 g/mol. The van der Waals surface area contributed by atoms with Crippen molar-refractivity contribution in [3.05, 3.63) is 23.8 Å². The SMILES string of the molecule is CC1CNc2cc(C(=O)C(C)N3C(C)CCCC3C)ccc2O1. The zero-order valence-corrected chi connectivity index (χ0v) is 14.6. The van der Waals surface area contributed by atoms with Gasteiger partial charge in [0.15, 0.2) is 5.78 Å². The van der Waals surface area contributed by atoms with Crippen LogP contribution in [0.15, 0.2) is 18.2 Å². The van der Waals surface area contributed by atoms with Crippen molar-refractivity contribution in [2.45, 2.75) is 71.2 Å². The van der Waals surface area contributed by atoms with Crippen LogP contribution in [0.25, 0.3) is 0 Å². The third-order valence-electron chi connectivity index (χ3n) is 5.26. The number of Topliss-reactive ketones (excluding diaryl/α,β-unsaturated/α-hetero) is 1. The highest BCUT2D eigenvalue weighted by Crippen LogP contribution is 2.31. The average molecular weight is 316 g/mol. The molecule has 2 aliphatic heterocycles. The number of carbonyl (C=O) groups is 1. The Hall–Kier alpha value is -1.55. The molecule has 4 nitrogen and oxygen atoms in total. The molecule has 1 aromatic carbocycles. The fraction of sp³-hybridized carbons (Fsp3) is 0.632. The molecule has 1 N–H and O–H groups in total. The van der Waals surface area contributed by atoms with Gasteiger partial charge in [0.1, 0.15) is 11.9 Å². The topological polar surface area (TPSA) is 41.6 Å². The minimum atomic E-state index is -0.0817. The maximum Gasteiger partial charge on any atom is 0.179 e. The van der Waals surface area contributed by atoms with Crippen LogP contribution in [-0.2, 0) is 0 Å². The van der Waals surface area contributed by atoms with E-state index in [0.717, 1.165) is 23.5 Å². The van der Waals surface area contributed by atoms with Crippen molar-refractivity contribution < 1.29 is 9.53 Å². The van der Waals surface area contributed by atoms with E-state index in [9.17, 15) is 4.79 Å². The van der Waals surface area contributed by atoms with Gasteiger partial charge in [0.05, 0.1) is 18.3 Å². The number of hydrogen-bond donors (Lipinski definition) is 1. The van der Waals surface area contributed by atoms with Gasteiger partial charge in [-0.05, 0) is 58.7 Å². The number of rotatable bonds is 3. The van der Waals surface area contributed by atoms with Gasteiger partial charge in [-0.25, -0.2) is 0 Å². The van der Waals surface area contributed by atoms with Crippen molar-refractivity contribution in [2.24, 2.45) is 0 Å². The molecule has 0 radical (unpaired) electrons. The molecule has 0 spiro atoms. The lowest BCUT2D eigenvalue weighted by Gasteiger charge is -2.42. The zero-order chi connectivity index (χ0) is 16.6. The number of ketones is 1. The van der Waals surface area contributed by atoms with Crippen LogP contribution < -0.4 is 10.1 Å². The number of piperidine rings is 1. The molecule has 1 aromatic rings. The largest absolute Gasteiger partial charge is 0.487 e. The third-order valence-corrected chi connectivity index (χ3v) is 5.26. The summed E-state index contributed by atoms with van der Waals surface area (Å²) in [5, 5.41) is 3.35. The molecule has 4 unspecified atom stereocenters. The van der Waals surface area contributed by atoms with Gasteiger partial charge in [0.25, 0.3) is 0 Å². The number of anilines is 1. The maximum absolute atomic E-state index is 13.0. The van der Waals surface area contributed by atoms with Gasteiger partial charge in [0, 0.05) is 17.6 Å². The summed E-state index contributed by atoms with van der Waals surface area (Å²) >= 11 is 0. The van der Waals surface area contributed by atoms with E-state index in [0.29, 0.717) is 12.1 Å². The average Bonchev–Trinajstić information content (AvgIpc) is 2.53. The predicted molar refractivity (Wildman–Crippen MR) is 93.4 cm³/mol. The van der Waals surface area contributed by atoms with E-state index in [2.05, 4.69) is 24.1 Å². The molecule has 0 bridgehead atoms. The highest BCUT2D eigenvalue weighted by atomic mass is 16.5. The molecule has 126 valence electrons. The molecule has 1 saturated heterocycles. The minimum Gasteiger partial charge on any atom is -0.487 e. The lowest BCUT2D eigenvalue weighted by Crippen LogP contribution is -2.51. The van der Waals surface area contributed by atoms with E-state index in [1.807, 2.05) is 32.0 Å². The highest BCUT2D eigenvalue weighted by molar-refractivity contribution is 6.01. The summed E-state index contributed by atoms with van der Waals surface area (Å²) in [6, 6.07) is 6.62. The van der Waals surface area contributed by atoms with Crippen LogP contribution >= 0.6 is 0 Å². The first-order chi connectivity index (χ1) is 11.0. The van der Waals surface area contributed by atoms with E-state index in [-0.39, 0.29) is 17.9 Å². The van der Waals surface area contributed by atoms with E-state index < -0.39 is 0 Å². The molecule has 0 aliphatic carbocycles. The summed E-state index contributed by atoms with van der Waals surface area (Å²) in [6.07, 6.45) is 3.79. The van der Waals surface area contributed by atoms with Gasteiger partial charge < -0.3 is 10.1 Å². The number of carbonyl (C=O) groups excluding carboxylic acids is 1. The molecule has 0 amide bonds. The van der Waals surface area contributed by atoms with E-state index in [1.165, 1.54) is 19.3 Å². The molecule has 0 saturated carbocycles. The van der Waals surface area contributed by atoms with Gasteiger partial charge in [0.2, 0.25) is 0 Å². The Kier molecular flexibility index (Phi) is 4.62. The van der Waals surface area contributed by atoms with Crippen molar-refractivity contribution in [1.82, 2.24) is 4.90 Å². The number of nitrogens with one attached hydrogen (secondary N) is 1. The van der Waals surface area contributed by atoms with Crippen LogP contribution in [0.2, 0.25) is 0 Å². The van der Waals surface area contributed by atoms with Crippen LogP contribution in [-0.4, -0.2) is 41.5 Å². The summed E-state index contributed by atoms with van der Waals surface area (Å²) in [7, 11) is 0. The first-order valence-corrected chi connectivity index (χ1v) is 8.83. The fourth-order valence-corrected chi connectivity index (χ4v) is 4.02. The van der Waals surface area contributed by atoms with E-state index >= 15 is 0 Å². The molecular formula is C19H28N2O2. The zero-order valence-electron chi connectivity index (χ0n) is 14.6. The lowest BCUT2D eigenvalue weighted by molar-refractivity contribution is 0.0494. The van der Waals surface area contributed by atoms with Crippen molar-refractivity contribution in [2.75, 3.05) is 11.9 Å². The summed E-state index contributed by atoms with van der Waals surface area (Å²) < 4.78 is 5.79. The summed E-state index contributed by atoms with van der Waals surface area (Å²) in [5.41, 5.74) is 1.70. The van der Waals surface area contributed by atoms with Crippen molar-refractivity contribution in [1.29, 1.82) is 0 Å². The van der Waals surface area contributed by atoms with Gasteiger partial charge in [-0.1, -0.05) is 6.42 Å². The Labute approximate surface area is 139 Å². The molecule has 23 heavy (non-hydrogen) atoms. The van der Waals surface area contributed by atoms with Crippen LogP contribution in [0.3, 0.4) is 0 Å². The third kappa shape index (κ3) is 3.23. The number of likely N-dealkylation sites (tertiary alicyclic amines) is 1. The number of ether oxygens (including phenoxy) is 1. The van der Waals surface area contributed by atoms with Crippen molar-refractivity contribution in [3.8, 4) is 5.75 Å². The maximum atomic E-state index is 13.0. The molecule has 1 fully saturated rings.